The maximum absolute atomic E-state index is 5.70. The van der Waals surface area contributed by atoms with Gasteiger partial charge in [0.05, 0.1) is 0 Å². The minimum atomic E-state index is -2.04. The second-order valence-corrected chi connectivity index (χ2v) is 10.2. The molecule has 8 heteroatoms. The van der Waals surface area contributed by atoms with Gasteiger partial charge in [0.2, 0.25) is 20.2 Å². The normalized spacial score (nSPS) is 25.9. The lowest BCUT2D eigenvalue weighted by atomic mass is 10.4. The zero-order valence-electron chi connectivity index (χ0n) is 8.46. The van der Waals surface area contributed by atoms with Crippen molar-refractivity contribution in [3.8, 4) is 0 Å². The van der Waals surface area contributed by atoms with Crippen molar-refractivity contribution < 1.29 is 16.8 Å². The van der Waals surface area contributed by atoms with E-state index in [1.807, 2.05) is 13.1 Å². The number of hydrogen-bond acceptors (Lipinski definition) is 4. The zero-order chi connectivity index (χ0) is 10.4. The molecule has 0 aromatic rings. The highest BCUT2D eigenvalue weighted by Gasteiger charge is 2.32. The second-order valence-electron chi connectivity index (χ2n) is 3.41. The van der Waals surface area contributed by atoms with Crippen molar-refractivity contribution in [2.45, 2.75) is 32.0 Å². The third kappa shape index (κ3) is 4.98. The molecular formula is C6H14O4Si4. The number of hydrogen-bond donors (Lipinski definition) is 0. The van der Waals surface area contributed by atoms with Gasteiger partial charge in [-0.25, -0.2) is 0 Å². The molecule has 1 aliphatic rings. The van der Waals surface area contributed by atoms with Gasteiger partial charge in [-0.15, -0.1) is 0 Å². The van der Waals surface area contributed by atoms with Gasteiger partial charge in [0.1, 0.15) is 0 Å². The molecule has 0 aromatic heterocycles. The van der Waals surface area contributed by atoms with Crippen molar-refractivity contribution in [2.75, 3.05) is 6.61 Å². The van der Waals surface area contributed by atoms with Crippen LogP contribution in [0.2, 0.25) is 19.1 Å². The van der Waals surface area contributed by atoms with Crippen molar-refractivity contribution in [1.29, 1.82) is 0 Å². The summed E-state index contributed by atoms with van der Waals surface area (Å²) in [6, 6.07) is 1.07. The summed E-state index contributed by atoms with van der Waals surface area (Å²) in [6.45, 7) is 4.81. The van der Waals surface area contributed by atoms with Crippen LogP contribution in [-0.2, 0) is 16.8 Å². The predicted molar refractivity (Wildman–Crippen MR) is 58.0 cm³/mol. The minimum absolute atomic E-state index is 0.477. The van der Waals surface area contributed by atoms with Gasteiger partial charge >= 0.3 is 18.1 Å². The molecule has 0 spiro atoms. The summed E-state index contributed by atoms with van der Waals surface area (Å²) in [6.07, 6.45) is 2.24. The predicted octanol–water partition coefficient (Wildman–Crippen LogP) is 0.654. The molecule has 1 heterocycles. The Morgan fingerprint density at radius 1 is 1.43 bits per heavy atom. The Morgan fingerprint density at radius 2 is 2.21 bits per heavy atom. The highest BCUT2D eigenvalue weighted by Crippen LogP contribution is 2.12. The summed E-state index contributed by atoms with van der Waals surface area (Å²) >= 11 is 0. The maximum Gasteiger partial charge on any atom is 0.545 e. The van der Waals surface area contributed by atoms with Crippen LogP contribution in [0.1, 0.15) is 12.8 Å². The summed E-state index contributed by atoms with van der Waals surface area (Å²) in [5.74, 6) is 0. The van der Waals surface area contributed by atoms with Crippen LogP contribution in [0.25, 0.3) is 0 Å². The monoisotopic (exact) mass is 262 g/mol. The van der Waals surface area contributed by atoms with Crippen LogP contribution in [0, 0.1) is 0 Å². The summed E-state index contributed by atoms with van der Waals surface area (Å²) in [7, 11) is -0.213. The van der Waals surface area contributed by atoms with Gasteiger partial charge < -0.3 is 16.8 Å². The quantitative estimate of drug-likeness (QED) is 0.651. The fourth-order valence-electron chi connectivity index (χ4n) is 1.02. The first kappa shape index (κ1) is 12.8. The lowest BCUT2D eigenvalue weighted by Crippen LogP contribution is -2.44. The topological polar surface area (TPSA) is 36.9 Å². The second kappa shape index (κ2) is 6.32. The van der Waals surface area contributed by atoms with E-state index in [9.17, 15) is 0 Å². The van der Waals surface area contributed by atoms with E-state index < -0.39 is 18.1 Å². The molecule has 0 aromatic carbocycles. The molecule has 6 radical (unpaired) electrons. The lowest BCUT2D eigenvalue weighted by molar-refractivity contribution is 0.208. The summed E-state index contributed by atoms with van der Waals surface area (Å²) in [5.41, 5.74) is 0. The van der Waals surface area contributed by atoms with E-state index in [0.717, 1.165) is 25.5 Å². The largest absolute Gasteiger partial charge is 0.545 e. The Balaban J connectivity index is 2.45. The van der Waals surface area contributed by atoms with E-state index in [1.165, 1.54) is 0 Å². The van der Waals surface area contributed by atoms with Gasteiger partial charge in [-0.2, -0.15) is 0 Å². The van der Waals surface area contributed by atoms with Crippen molar-refractivity contribution in [2.24, 2.45) is 0 Å². The number of rotatable bonds is 1. The molecule has 0 saturated carbocycles. The van der Waals surface area contributed by atoms with Crippen LogP contribution in [0.5, 0.6) is 0 Å². The molecule has 78 valence electrons. The SMILES string of the molecule is C[Si]1(C)OCCCC[Si]O[Si](O[Si])O1. The minimum Gasteiger partial charge on any atom is -0.414 e. The Labute approximate surface area is 94.0 Å². The molecule has 1 rings (SSSR count). The summed E-state index contributed by atoms with van der Waals surface area (Å²) < 4.78 is 21.9. The van der Waals surface area contributed by atoms with Crippen molar-refractivity contribution >= 4 is 38.3 Å². The molecule has 1 saturated heterocycles. The highest BCUT2D eigenvalue weighted by molar-refractivity contribution is 6.72. The van der Waals surface area contributed by atoms with Crippen LogP contribution < -0.4 is 0 Å². The smallest absolute Gasteiger partial charge is 0.414 e. The van der Waals surface area contributed by atoms with Crippen LogP contribution in [-0.4, -0.2) is 44.9 Å². The van der Waals surface area contributed by atoms with E-state index in [0.29, 0.717) is 9.76 Å². The van der Waals surface area contributed by atoms with Gasteiger partial charge in [-0.1, -0.05) is 6.42 Å². The maximum atomic E-state index is 5.70. The molecule has 1 fully saturated rings. The molecule has 0 unspecified atom stereocenters. The van der Waals surface area contributed by atoms with E-state index in [4.69, 9.17) is 16.8 Å². The lowest BCUT2D eigenvalue weighted by Gasteiger charge is -2.26. The third-order valence-electron chi connectivity index (χ3n) is 1.69. The summed E-state index contributed by atoms with van der Waals surface area (Å²) in [4.78, 5) is 0. The van der Waals surface area contributed by atoms with Crippen molar-refractivity contribution in [3.05, 3.63) is 0 Å². The van der Waals surface area contributed by atoms with Crippen LogP contribution >= 0.6 is 0 Å². The van der Waals surface area contributed by atoms with E-state index in [2.05, 4.69) is 10.5 Å². The molecule has 0 bridgehead atoms. The zero-order valence-corrected chi connectivity index (χ0v) is 12.5. The Kier molecular flexibility index (Phi) is 5.77. The van der Waals surface area contributed by atoms with E-state index >= 15 is 0 Å². The Morgan fingerprint density at radius 3 is 2.93 bits per heavy atom. The van der Waals surface area contributed by atoms with Gasteiger partial charge in [-0.05, 0) is 25.6 Å². The fourth-order valence-corrected chi connectivity index (χ4v) is 6.40. The first-order valence-corrected chi connectivity index (χ1v) is 10.1. The van der Waals surface area contributed by atoms with E-state index in [-0.39, 0.29) is 0 Å². The van der Waals surface area contributed by atoms with Gasteiger partial charge in [0, 0.05) is 6.61 Å². The van der Waals surface area contributed by atoms with Crippen LogP contribution in [0.4, 0.5) is 0 Å². The molecule has 0 amide bonds. The van der Waals surface area contributed by atoms with Crippen LogP contribution in [0.15, 0.2) is 0 Å². The average molecular weight is 263 g/mol. The molecule has 1 aliphatic heterocycles. The Bertz CT molecular complexity index is 168. The van der Waals surface area contributed by atoms with Crippen molar-refractivity contribution in [1.82, 2.24) is 0 Å². The molecule has 0 N–H and O–H groups in total. The average Bonchev–Trinajstić information content (AvgIpc) is 2.14. The standard InChI is InChI=1S/C6H14O4Si4/c1-14(2)7-5-3-4-6-12-9-13(8-11)10-14/h3-6H2,1-2H3. The third-order valence-corrected chi connectivity index (χ3v) is 7.69. The first-order chi connectivity index (χ1) is 6.64. The van der Waals surface area contributed by atoms with E-state index in [1.54, 1.807) is 0 Å². The molecule has 0 atom stereocenters. The van der Waals surface area contributed by atoms with Crippen molar-refractivity contribution in [3.63, 3.8) is 0 Å². The molecule has 14 heavy (non-hydrogen) atoms. The molecular weight excluding hydrogens is 248 g/mol. The first-order valence-electron chi connectivity index (χ1n) is 4.57. The molecule has 4 nitrogen and oxygen atoms in total. The van der Waals surface area contributed by atoms with Gasteiger partial charge in [-0.3, -0.25) is 0 Å². The Hall–Kier alpha value is 0.708. The summed E-state index contributed by atoms with van der Waals surface area (Å²) in [5, 5.41) is 0. The fraction of sp³-hybridized carbons (Fsp3) is 1.00. The highest BCUT2D eigenvalue weighted by atomic mass is 28.5. The van der Waals surface area contributed by atoms with Gasteiger partial charge in [0.25, 0.3) is 0 Å². The van der Waals surface area contributed by atoms with Gasteiger partial charge in [0.15, 0.2) is 0 Å². The molecule has 0 aliphatic carbocycles. The van der Waals surface area contributed by atoms with Crippen LogP contribution in [0.3, 0.4) is 0 Å².